The van der Waals surface area contributed by atoms with E-state index in [-0.39, 0.29) is 6.04 Å². The number of rotatable bonds is 5. The largest absolute Gasteiger partial charge is 0.497 e. The molecular formula is C22H22N2O. The van der Waals surface area contributed by atoms with Crippen LogP contribution in [0.2, 0.25) is 0 Å². The molecule has 0 aliphatic heterocycles. The Balaban J connectivity index is 1.54. The molecule has 0 bridgehead atoms. The van der Waals surface area contributed by atoms with Gasteiger partial charge in [-0.1, -0.05) is 42.5 Å². The third kappa shape index (κ3) is 3.11. The molecule has 0 radical (unpaired) electrons. The number of benzene rings is 3. The third-order valence-electron chi connectivity index (χ3n) is 4.77. The molecule has 1 heterocycles. The Hall–Kier alpha value is -2.78. The van der Waals surface area contributed by atoms with E-state index in [9.17, 15) is 0 Å². The van der Waals surface area contributed by atoms with E-state index in [2.05, 4.69) is 71.8 Å². The van der Waals surface area contributed by atoms with Gasteiger partial charge < -0.3 is 15.0 Å². The fourth-order valence-corrected chi connectivity index (χ4v) is 3.39. The van der Waals surface area contributed by atoms with Gasteiger partial charge in [-0.25, -0.2) is 0 Å². The van der Waals surface area contributed by atoms with Crippen molar-refractivity contribution >= 4 is 21.7 Å². The quantitative estimate of drug-likeness (QED) is 0.529. The lowest BCUT2D eigenvalue weighted by Gasteiger charge is -2.16. The molecule has 0 saturated carbocycles. The third-order valence-corrected chi connectivity index (χ3v) is 4.77. The van der Waals surface area contributed by atoms with Gasteiger partial charge in [-0.15, -0.1) is 0 Å². The standard InChI is InChI=1S/C22H22N2O/c1-15(20-9-5-7-16-6-3-4-8-21(16)20)23-14-18-12-17-10-11-19(25-2)13-22(17)24-18/h3-13,15,23-24H,14H2,1-2H3. The van der Waals surface area contributed by atoms with Crippen LogP contribution in [-0.4, -0.2) is 12.1 Å². The molecule has 0 saturated heterocycles. The molecule has 0 fully saturated rings. The van der Waals surface area contributed by atoms with E-state index < -0.39 is 0 Å². The molecular weight excluding hydrogens is 308 g/mol. The van der Waals surface area contributed by atoms with E-state index in [0.717, 1.165) is 17.8 Å². The number of methoxy groups -OCH3 is 1. The van der Waals surface area contributed by atoms with Gasteiger partial charge in [0.25, 0.3) is 0 Å². The summed E-state index contributed by atoms with van der Waals surface area (Å²) in [7, 11) is 1.69. The molecule has 3 heteroatoms. The Morgan fingerprint density at radius 1 is 0.960 bits per heavy atom. The van der Waals surface area contributed by atoms with Crippen molar-refractivity contribution in [1.82, 2.24) is 10.3 Å². The fourth-order valence-electron chi connectivity index (χ4n) is 3.39. The second-order valence-electron chi connectivity index (χ2n) is 6.42. The second-order valence-corrected chi connectivity index (χ2v) is 6.42. The van der Waals surface area contributed by atoms with Crippen molar-refractivity contribution in [3.63, 3.8) is 0 Å². The summed E-state index contributed by atoms with van der Waals surface area (Å²) < 4.78 is 5.29. The molecule has 4 aromatic rings. The van der Waals surface area contributed by atoms with Crippen molar-refractivity contribution in [1.29, 1.82) is 0 Å². The lowest BCUT2D eigenvalue weighted by molar-refractivity contribution is 0.415. The Morgan fingerprint density at radius 2 is 1.80 bits per heavy atom. The van der Waals surface area contributed by atoms with Gasteiger partial charge in [0, 0.05) is 29.9 Å². The van der Waals surface area contributed by atoms with Gasteiger partial charge in [-0.3, -0.25) is 0 Å². The van der Waals surface area contributed by atoms with E-state index in [4.69, 9.17) is 4.74 Å². The molecule has 2 N–H and O–H groups in total. The van der Waals surface area contributed by atoms with Crippen LogP contribution in [0.15, 0.2) is 66.7 Å². The summed E-state index contributed by atoms with van der Waals surface area (Å²) in [6, 6.07) is 23.6. The van der Waals surface area contributed by atoms with Gasteiger partial charge in [0.1, 0.15) is 5.75 Å². The molecule has 126 valence electrons. The van der Waals surface area contributed by atoms with E-state index in [1.807, 2.05) is 12.1 Å². The highest BCUT2D eigenvalue weighted by Gasteiger charge is 2.09. The molecule has 1 aromatic heterocycles. The van der Waals surface area contributed by atoms with Crippen molar-refractivity contribution < 1.29 is 4.74 Å². The average Bonchev–Trinajstić information content (AvgIpc) is 3.07. The van der Waals surface area contributed by atoms with Crippen LogP contribution < -0.4 is 10.1 Å². The minimum absolute atomic E-state index is 0.270. The first-order valence-corrected chi connectivity index (χ1v) is 8.61. The molecule has 0 aliphatic rings. The Labute approximate surface area is 147 Å². The van der Waals surface area contributed by atoms with Gasteiger partial charge in [0.2, 0.25) is 0 Å². The van der Waals surface area contributed by atoms with Crippen LogP contribution in [0.25, 0.3) is 21.7 Å². The van der Waals surface area contributed by atoms with Gasteiger partial charge in [0.15, 0.2) is 0 Å². The van der Waals surface area contributed by atoms with E-state index in [1.54, 1.807) is 7.11 Å². The summed E-state index contributed by atoms with van der Waals surface area (Å²) in [6.07, 6.45) is 0. The van der Waals surface area contributed by atoms with Gasteiger partial charge in [-0.2, -0.15) is 0 Å². The SMILES string of the molecule is COc1ccc2cc(CNC(C)c3cccc4ccccc34)[nH]c2c1. The minimum Gasteiger partial charge on any atom is -0.497 e. The summed E-state index contributed by atoms with van der Waals surface area (Å²) in [5.41, 5.74) is 3.61. The van der Waals surface area contributed by atoms with Gasteiger partial charge in [0.05, 0.1) is 7.11 Å². The van der Waals surface area contributed by atoms with Crippen LogP contribution in [0.5, 0.6) is 5.75 Å². The maximum absolute atomic E-state index is 5.29. The molecule has 0 aliphatic carbocycles. The van der Waals surface area contributed by atoms with Crippen LogP contribution in [0.1, 0.15) is 24.2 Å². The number of ether oxygens (including phenoxy) is 1. The highest BCUT2D eigenvalue weighted by atomic mass is 16.5. The van der Waals surface area contributed by atoms with Crippen molar-refractivity contribution in [3.05, 3.63) is 78.0 Å². The zero-order valence-corrected chi connectivity index (χ0v) is 14.5. The number of hydrogen-bond donors (Lipinski definition) is 2. The predicted octanol–water partition coefficient (Wildman–Crippen LogP) is 5.18. The lowest BCUT2D eigenvalue weighted by atomic mass is 10.00. The Morgan fingerprint density at radius 3 is 2.68 bits per heavy atom. The molecule has 3 aromatic carbocycles. The molecule has 0 spiro atoms. The first-order chi connectivity index (χ1) is 12.2. The van der Waals surface area contributed by atoms with Crippen molar-refractivity contribution in [3.8, 4) is 5.75 Å². The molecule has 3 nitrogen and oxygen atoms in total. The van der Waals surface area contributed by atoms with Crippen LogP contribution in [0, 0.1) is 0 Å². The minimum atomic E-state index is 0.270. The Kier molecular flexibility index (Phi) is 4.16. The summed E-state index contributed by atoms with van der Waals surface area (Å²) in [4.78, 5) is 3.47. The summed E-state index contributed by atoms with van der Waals surface area (Å²) in [5.74, 6) is 0.873. The second kappa shape index (κ2) is 6.61. The normalized spacial score (nSPS) is 12.6. The molecule has 1 atom stereocenters. The van der Waals surface area contributed by atoms with Crippen LogP contribution >= 0.6 is 0 Å². The number of fused-ring (bicyclic) bond motifs is 2. The van der Waals surface area contributed by atoms with Crippen LogP contribution in [-0.2, 0) is 6.54 Å². The molecule has 1 unspecified atom stereocenters. The summed E-state index contributed by atoms with van der Waals surface area (Å²) in [5, 5.41) is 7.43. The van der Waals surface area contributed by atoms with Crippen LogP contribution in [0.4, 0.5) is 0 Å². The maximum Gasteiger partial charge on any atom is 0.120 e. The van der Waals surface area contributed by atoms with E-state index in [0.29, 0.717) is 0 Å². The summed E-state index contributed by atoms with van der Waals surface area (Å²) in [6.45, 7) is 3.01. The number of H-pyrrole nitrogens is 1. The first-order valence-electron chi connectivity index (χ1n) is 8.61. The number of aromatic nitrogens is 1. The maximum atomic E-state index is 5.29. The smallest absolute Gasteiger partial charge is 0.120 e. The van der Waals surface area contributed by atoms with Crippen molar-refractivity contribution in [2.75, 3.05) is 7.11 Å². The highest BCUT2D eigenvalue weighted by molar-refractivity contribution is 5.86. The zero-order chi connectivity index (χ0) is 17.2. The first kappa shape index (κ1) is 15.7. The molecule has 0 amide bonds. The Bertz CT molecular complexity index is 1010. The monoisotopic (exact) mass is 330 g/mol. The number of hydrogen-bond acceptors (Lipinski definition) is 2. The van der Waals surface area contributed by atoms with Crippen molar-refractivity contribution in [2.45, 2.75) is 19.5 Å². The number of nitrogens with one attached hydrogen (secondary N) is 2. The topological polar surface area (TPSA) is 37.0 Å². The highest BCUT2D eigenvalue weighted by Crippen LogP contribution is 2.25. The van der Waals surface area contributed by atoms with Crippen LogP contribution in [0.3, 0.4) is 0 Å². The van der Waals surface area contributed by atoms with Crippen molar-refractivity contribution in [2.24, 2.45) is 0 Å². The fraction of sp³-hybridized carbons (Fsp3) is 0.182. The predicted molar refractivity (Wildman–Crippen MR) is 104 cm³/mol. The lowest BCUT2D eigenvalue weighted by Crippen LogP contribution is -2.18. The zero-order valence-electron chi connectivity index (χ0n) is 14.5. The molecule has 25 heavy (non-hydrogen) atoms. The van der Waals surface area contributed by atoms with E-state index >= 15 is 0 Å². The average molecular weight is 330 g/mol. The van der Waals surface area contributed by atoms with E-state index in [1.165, 1.54) is 27.4 Å². The van der Waals surface area contributed by atoms with Gasteiger partial charge in [-0.05, 0) is 46.8 Å². The number of aromatic amines is 1. The van der Waals surface area contributed by atoms with Gasteiger partial charge >= 0.3 is 0 Å². The molecule has 4 rings (SSSR count). The summed E-state index contributed by atoms with van der Waals surface area (Å²) >= 11 is 0.